The SMILES string of the molecule is CCCc1nc2c(C)cc(N3CCCCS3(=O)=O)cc2n1Cc1ccc(-c2ccccc2C(=O)O)cc1. The lowest BCUT2D eigenvalue weighted by molar-refractivity contribution is 0.0697. The van der Waals surface area contributed by atoms with Crippen LogP contribution in [0.1, 0.15) is 53.5 Å². The second kappa shape index (κ2) is 10.0. The minimum Gasteiger partial charge on any atom is -0.478 e. The van der Waals surface area contributed by atoms with E-state index in [1.165, 1.54) is 0 Å². The molecular weight excluding hydrogens is 486 g/mol. The molecule has 1 fully saturated rings. The van der Waals surface area contributed by atoms with Crippen molar-refractivity contribution >= 4 is 32.7 Å². The Hall–Kier alpha value is -3.65. The minimum absolute atomic E-state index is 0.182. The molecule has 0 unspecified atom stereocenters. The van der Waals surface area contributed by atoms with E-state index in [0.717, 1.165) is 52.8 Å². The maximum atomic E-state index is 12.8. The molecule has 1 aliphatic rings. The number of imidazole rings is 1. The zero-order valence-corrected chi connectivity index (χ0v) is 22.0. The summed E-state index contributed by atoms with van der Waals surface area (Å²) < 4.78 is 29.3. The number of rotatable bonds is 7. The molecule has 0 atom stereocenters. The van der Waals surface area contributed by atoms with Gasteiger partial charge in [0.2, 0.25) is 10.0 Å². The highest BCUT2D eigenvalue weighted by Gasteiger charge is 2.27. The van der Waals surface area contributed by atoms with E-state index in [1.54, 1.807) is 16.4 Å². The van der Waals surface area contributed by atoms with Crippen molar-refractivity contribution in [1.82, 2.24) is 9.55 Å². The van der Waals surface area contributed by atoms with Crippen LogP contribution in [-0.4, -0.2) is 41.3 Å². The number of benzene rings is 3. The van der Waals surface area contributed by atoms with Crippen LogP contribution in [0.25, 0.3) is 22.2 Å². The van der Waals surface area contributed by atoms with Crippen LogP contribution in [0.15, 0.2) is 60.7 Å². The maximum Gasteiger partial charge on any atom is 0.336 e. The first-order valence-corrected chi connectivity index (χ1v) is 14.3. The quantitative estimate of drug-likeness (QED) is 0.342. The van der Waals surface area contributed by atoms with Crippen molar-refractivity contribution < 1.29 is 18.3 Å². The molecule has 7 nitrogen and oxygen atoms in total. The van der Waals surface area contributed by atoms with E-state index in [4.69, 9.17) is 4.98 Å². The zero-order valence-electron chi connectivity index (χ0n) is 21.1. The van der Waals surface area contributed by atoms with Crippen LogP contribution in [0.3, 0.4) is 0 Å². The Balaban J connectivity index is 1.54. The van der Waals surface area contributed by atoms with Gasteiger partial charge in [0.15, 0.2) is 0 Å². The number of anilines is 1. The molecule has 0 spiro atoms. The van der Waals surface area contributed by atoms with E-state index < -0.39 is 16.0 Å². The molecule has 1 saturated heterocycles. The fourth-order valence-electron chi connectivity index (χ4n) is 5.13. The summed E-state index contributed by atoms with van der Waals surface area (Å²) in [7, 11) is -3.32. The molecule has 0 radical (unpaired) electrons. The van der Waals surface area contributed by atoms with Crippen molar-refractivity contribution in [2.24, 2.45) is 0 Å². The predicted molar refractivity (Wildman–Crippen MR) is 147 cm³/mol. The van der Waals surface area contributed by atoms with Gasteiger partial charge in [-0.2, -0.15) is 0 Å². The fourth-order valence-corrected chi connectivity index (χ4v) is 6.75. The molecule has 37 heavy (non-hydrogen) atoms. The van der Waals surface area contributed by atoms with Gasteiger partial charge in [0.25, 0.3) is 0 Å². The number of aromatic carboxylic acids is 1. The number of fused-ring (bicyclic) bond motifs is 1. The van der Waals surface area contributed by atoms with Gasteiger partial charge in [-0.25, -0.2) is 18.2 Å². The van der Waals surface area contributed by atoms with Gasteiger partial charge < -0.3 is 9.67 Å². The van der Waals surface area contributed by atoms with Crippen molar-refractivity contribution in [1.29, 1.82) is 0 Å². The van der Waals surface area contributed by atoms with Gasteiger partial charge >= 0.3 is 5.97 Å². The van der Waals surface area contributed by atoms with E-state index in [-0.39, 0.29) is 11.3 Å². The molecule has 1 N–H and O–H groups in total. The molecular formula is C29H31N3O4S. The maximum absolute atomic E-state index is 12.8. The van der Waals surface area contributed by atoms with Crippen LogP contribution < -0.4 is 4.31 Å². The second-order valence-electron chi connectivity index (χ2n) is 9.64. The van der Waals surface area contributed by atoms with Crippen LogP contribution in [0, 0.1) is 6.92 Å². The fraction of sp³-hybridized carbons (Fsp3) is 0.310. The van der Waals surface area contributed by atoms with Crippen molar-refractivity contribution in [3.8, 4) is 11.1 Å². The number of sulfonamides is 1. The molecule has 0 amide bonds. The van der Waals surface area contributed by atoms with Crippen LogP contribution >= 0.6 is 0 Å². The van der Waals surface area contributed by atoms with Gasteiger partial charge in [0, 0.05) is 19.5 Å². The molecule has 5 rings (SSSR count). The van der Waals surface area contributed by atoms with Crippen LogP contribution in [-0.2, 0) is 23.0 Å². The molecule has 8 heteroatoms. The number of carboxylic acids is 1. The summed E-state index contributed by atoms with van der Waals surface area (Å²) in [6.45, 7) is 5.20. The molecule has 2 heterocycles. The highest BCUT2D eigenvalue weighted by molar-refractivity contribution is 7.92. The summed E-state index contributed by atoms with van der Waals surface area (Å²) in [6, 6.07) is 18.8. The van der Waals surface area contributed by atoms with Crippen LogP contribution in [0.2, 0.25) is 0 Å². The van der Waals surface area contributed by atoms with Gasteiger partial charge in [-0.15, -0.1) is 0 Å². The standard InChI is InChI=1S/C29H31N3O4S/c1-3-8-27-30-28-20(2)17-23(32-15-6-7-16-37(32,35)36)18-26(28)31(27)19-21-11-13-22(14-12-21)24-9-4-5-10-25(24)29(33)34/h4-5,9-14,17-18H,3,6-8,15-16,19H2,1-2H3,(H,33,34). The lowest BCUT2D eigenvalue weighted by Crippen LogP contribution is -2.37. The van der Waals surface area contributed by atoms with E-state index >= 15 is 0 Å². The predicted octanol–water partition coefficient (Wildman–Crippen LogP) is 5.64. The van der Waals surface area contributed by atoms with Gasteiger partial charge in [-0.1, -0.05) is 49.4 Å². The number of nitrogens with zero attached hydrogens (tertiary/aromatic N) is 3. The van der Waals surface area contributed by atoms with Crippen molar-refractivity contribution in [3.05, 3.63) is 83.2 Å². The monoisotopic (exact) mass is 517 g/mol. The smallest absolute Gasteiger partial charge is 0.336 e. The largest absolute Gasteiger partial charge is 0.478 e. The van der Waals surface area contributed by atoms with Gasteiger partial charge in [-0.05, 0) is 66.6 Å². The van der Waals surface area contributed by atoms with Gasteiger partial charge in [0.05, 0.1) is 28.0 Å². The summed E-state index contributed by atoms with van der Waals surface area (Å²) in [5.74, 6) is 0.206. The number of aryl methyl sites for hydroxylation is 2. The topological polar surface area (TPSA) is 92.5 Å². The lowest BCUT2D eigenvalue weighted by atomic mass is 9.99. The number of carboxylic acid groups (broad SMARTS) is 1. The molecule has 1 aliphatic heterocycles. The number of hydrogen-bond acceptors (Lipinski definition) is 4. The average molecular weight is 518 g/mol. The van der Waals surface area contributed by atoms with Crippen LogP contribution in [0.5, 0.6) is 0 Å². The zero-order chi connectivity index (χ0) is 26.2. The first-order chi connectivity index (χ1) is 17.8. The highest BCUT2D eigenvalue weighted by Crippen LogP contribution is 2.31. The number of aromatic nitrogens is 2. The van der Waals surface area contributed by atoms with Crippen LogP contribution in [0.4, 0.5) is 5.69 Å². The Morgan fingerprint density at radius 1 is 1.05 bits per heavy atom. The van der Waals surface area contributed by atoms with Crippen molar-refractivity contribution in [3.63, 3.8) is 0 Å². The van der Waals surface area contributed by atoms with Crippen molar-refractivity contribution in [2.45, 2.75) is 46.1 Å². The summed E-state index contributed by atoms with van der Waals surface area (Å²) in [6.07, 6.45) is 3.32. The Kier molecular flexibility index (Phi) is 6.77. The van der Waals surface area contributed by atoms with Gasteiger partial charge in [-0.3, -0.25) is 4.31 Å². The summed E-state index contributed by atoms with van der Waals surface area (Å²) in [5.41, 5.74) is 6.36. The lowest BCUT2D eigenvalue weighted by Gasteiger charge is -2.28. The number of carbonyl (C=O) groups is 1. The van der Waals surface area contributed by atoms with E-state index in [9.17, 15) is 18.3 Å². The first kappa shape index (κ1) is 25.0. The molecule has 0 saturated carbocycles. The highest BCUT2D eigenvalue weighted by atomic mass is 32.2. The third-order valence-electron chi connectivity index (χ3n) is 6.98. The Bertz CT molecular complexity index is 1570. The van der Waals surface area contributed by atoms with Gasteiger partial charge in [0.1, 0.15) is 5.82 Å². The number of hydrogen-bond donors (Lipinski definition) is 1. The van der Waals surface area contributed by atoms with E-state index in [1.807, 2.05) is 55.5 Å². The van der Waals surface area contributed by atoms with E-state index in [0.29, 0.717) is 30.8 Å². The Morgan fingerprint density at radius 2 is 1.81 bits per heavy atom. The average Bonchev–Trinajstić information content (AvgIpc) is 3.22. The molecule has 3 aromatic carbocycles. The molecule has 0 bridgehead atoms. The summed E-state index contributed by atoms with van der Waals surface area (Å²) in [4.78, 5) is 16.6. The Morgan fingerprint density at radius 3 is 2.51 bits per heavy atom. The summed E-state index contributed by atoms with van der Waals surface area (Å²) >= 11 is 0. The third-order valence-corrected chi connectivity index (χ3v) is 8.85. The minimum atomic E-state index is -3.32. The van der Waals surface area contributed by atoms with E-state index in [2.05, 4.69) is 11.5 Å². The normalized spacial score (nSPS) is 15.2. The second-order valence-corrected chi connectivity index (χ2v) is 11.7. The molecule has 0 aliphatic carbocycles. The molecule has 1 aromatic heterocycles. The first-order valence-electron chi connectivity index (χ1n) is 12.7. The summed E-state index contributed by atoms with van der Waals surface area (Å²) in [5, 5.41) is 9.55. The Labute approximate surface area is 217 Å². The molecule has 4 aromatic rings. The third kappa shape index (κ3) is 4.85. The molecule has 192 valence electrons. The van der Waals surface area contributed by atoms with Crippen molar-refractivity contribution in [2.75, 3.05) is 16.6 Å².